The van der Waals surface area contributed by atoms with Crippen molar-refractivity contribution in [3.63, 3.8) is 0 Å². The number of hydrogen-bond acceptors (Lipinski definition) is 7. The third-order valence-electron chi connectivity index (χ3n) is 5.21. The molecule has 168 valence electrons. The van der Waals surface area contributed by atoms with Crippen LogP contribution in [0.1, 0.15) is 29.7 Å². The zero-order chi connectivity index (χ0) is 22.9. The lowest BCUT2D eigenvalue weighted by atomic mass is 10.0. The maximum Gasteiger partial charge on any atom is 0.227 e. The van der Waals surface area contributed by atoms with Gasteiger partial charge in [0.1, 0.15) is 0 Å². The fraction of sp³-hybridized carbons (Fsp3) is 0.333. The van der Waals surface area contributed by atoms with Crippen molar-refractivity contribution in [3.05, 3.63) is 58.5 Å². The van der Waals surface area contributed by atoms with Gasteiger partial charge in [0.05, 0.1) is 17.1 Å². The second kappa shape index (κ2) is 11.9. The van der Waals surface area contributed by atoms with Crippen LogP contribution in [-0.2, 0) is 12.8 Å². The molecule has 32 heavy (non-hydrogen) atoms. The molecule has 0 amide bonds. The second-order valence-electron chi connectivity index (χ2n) is 7.54. The molecule has 0 aliphatic heterocycles. The summed E-state index contributed by atoms with van der Waals surface area (Å²) in [5.74, 6) is 0.516. The molecule has 0 atom stereocenters. The number of unbranched alkanes of at least 4 members (excludes halogenated alkanes) is 1. The second-order valence-corrected chi connectivity index (χ2v) is 8.31. The molecular formula is C24H29ClN6S. The third-order valence-corrected chi connectivity index (χ3v) is 5.61. The fourth-order valence-electron chi connectivity index (χ4n) is 3.46. The number of aryl methyl sites for hydroxylation is 2. The Hall–Kier alpha value is -2.61. The first-order valence-corrected chi connectivity index (χ1v) is 11.5. The molecule has 2 heterocycles. The largest absolute Gasteiger partial charge is 0.388 e. The smallest absolute Gasteiger partial charge is 0.227 e. The van der Waals surface area contributed by atoms with Crippen LogP contribution in [0.4, 0.5) is 17.3 Å². The summed E-state index contributed by atoms with van der Waals surface area (Å²) < 4.78 is 0. The maximum absolute atomic E-state index is 6.19. The van der Waals surface area contributed by atoms with Crippen LogP contribution in [0.2, 0.25) is 5.02 Å². The van der Waals surface area contributed by atoms with Crippen LogP contribution in [0.3, 0.4) is 0 Å². The highest BCUT2D eigenvalue weighted by atomic mass is 35.5. The molecule has 1 aromatic carbocycles. The van der Waals surface area contributed by atoms with Gasteiger partial charge in [-0.05, 0) is 75.0 Å². The van der Waals surface area contributed by atoms with E-state index < -0.39 is 0 Å². The minimum absolute atomic E-state index is 0.516. The number of thiocarbonyl (C=S) groups is 1. The van der Waals surface area contributed by atoms with Crippen molar-refractivity contribution in [1.29, 1.82) is 0 Å². The summed E-state index contributed by atoms with van der Waals surface area (Å²) in [6, 6.07) is 7.85. The number of benzene rings is 1. The van der Waals surface area contributed by atoms with Gasteiger partial charge in [0.15, 0.2) is 0 Å². The Morgan fingerprint density at radius 2 is 1.91 bits per heavy atom. The summed E-state index contributed by atoms with van der Waals surface area (Å²) in [5.41, 5.74) is 6.63. The Morgan fingerprint density at radius 1 is 1.06 bits per heavy atom. The van der Waals surface area contributed by atoms with Crippen LogP contribution in [0.5, 0.6) is 0 Å². The zero-order valence-corrected chi connectivity index (χ0v) is 20.3. The fourth-order valence-corrected chi connectivity index (χ4v) is 3.81. The van der Waals surface area contributed by atoms with E-state index in [2.05, 4.69) is 32.0 Å². The first-order valence-electron chi connectivity index (χ1n) is 10.7. The Morgan fingerprint density at radius 3 is 2.66 bits per heavy atom. The van der Waals surface area contributed by atoms with E-state index in [0.717, 1.165) is 59.7 Å². The van der Waals surface area contributed by atoms with Crippen molar-refractivity contribution in [2.24, 2.45) is 0 Å². The van der Waals surface area contributed by atoms with Gasteiger partial charge in [-0.1, -0.05) is 23.8 Å². The normalized spacial score (nSPS) is 10.8. The maximum atomic E-state index is 6.19. The van der Waals surface area contributed by atoms with E-state index in [0.29, 0.717) is 17.4 Å². The van der Waals surface area contributed by atoms with Crippen molar-refractivity contribution in [2.45, 2.75) is 32.6 Å². The molecule has 0 bridgehead atoms. The van der Waals surface area contributed by atoms with Crippen LogP contribution in [0.25, 0.3) is 11.3 Å². The molecule has 0 unspecified atom stereocenters. The first kappa shape index (κ1) is 24.0. The van der Waals surface area contributed by atoms with Gasteiger partial charge in [-0.15, -0.1) is 0 Å². The molecule has 6 nitrogen and oxygen atoms in total. The van der Waals surface area contributed by atoms with E-state index in [4.69, 9.17) is 28.8 Å². The van der Waals surface area contributed by atoms with Gasteiger partial charge in [-0.2, -0.15) is 0 Å². The van der Waals surface area contributed by atoms with E-state index in [1.54, 1.807) is 5.37 Å². The first-order chi connectivity index (χ1) is 15.5. The summed E-state index contributed by atoms with van der Waals surface area (Å²) >= 11 is 11.3. The number of pyridine rings is 1. The van der Waals surface area contributed by atoms with Crippen LogP contribution in [0, 0.1) is 6.92 Å². The zero-order valence-electron chi connectivity index (χ0n) is 18.7. The predicted molar refractivity (Wildman–Crippen MR) is 139 cm³/mol. The van der Waals surface area contributed by atoms with Gasteiger partial charge in [0, 0.05) is 47.7 Å². The number of anilines is 3. The van der Waals surface area contributed by atoms with Gasteiger partial charge < -0.3 is 16.0 Å². The quantitative estimate of drug-likeness (QED) is 0.258. The molecule has 0 radical (unpaired) electrons. The minimum atomic E-state index is 0.516. The average molecular weight is 469 g/mol. The number of nitrogens with zero attached hydrogens (tertiary/aromatic N) is 3. The van der Waals surface area contributed by atoms with Gasteiger partial charge in [-0.3, -0.25) is 4.98 Å². The predicted octanol–water partition coefficient (Wildman–Crippen LogP) is 5.37. The monoisotopic (exact) mass is 468 g/mol. The van der Waals surface area contributed by atoms with Crippen LogP contribution >= 0.6 is 23.8 Å². The Labute approximate surface area is 200 Å². The van der Waals surface area contributed by atoms with E-state index in [1.807, 2.05) is 51.6 Å². The van der Waals surface area contributed by atoms with Crippen molar-refractivity contribution in [1.82, 2.24) is 20.3 Å². The minimum Gasteiger partial charge on any atom is -0.388 e. The highest BCUT2D eigenvalue weighted by molar-refractivity contribution is 7.79. The van der Waals surface area contributed by atoms with Gasteiger partial charge in [-0.25, -0.2) is 9.97 Å². The number of rotatable bonds is 11. The SMILES string of the molecule is CNCCCCc1cnc(C)c(Nc2ncc(CC=S)c(-c3ccc(Cl)cc3NC)n2)c1. The molecule has 0 saturated heterocycles. The lowest BCUT2D eigenvalue weighted by Crippen LogP contribution is -2.08. The molecule has 3 rings (SSSR count). The van der Waals surface area contributed by atoms with Crippen molar-refractivity contribution in [2.75, 3.05) is 31.3 Å². The highest BCUT2D eigenvalue weighted by Crippen LogP contribution is 2.32. The molecule has 3 N–H and O–H groups in total. The van der Waals surface area contributed by atoms with Crippen molar-refractivity contribution >= 4 is 46.5 Å². The van der Waals surface area contributed by atoms with E-state index in [9.17, 15) is 0 Å². The molecule has 3 aromatic rings. The number of hydrogen-bond donors (Lipinski definition) is 3. The summed E-state index contributed by atoms with van der Waals surface area (Å²) in [4.78, 5) is 13.9. The Kier molecular flexibility index (Phi) is 8.90. The third kappa shape index (κ3) is 6.22. The van der Waals surface area contributed by atoms with Crippen LogP contribution in [-0.4, -0.2) is 41.0 Å². The van der Waals surface area contributed by atoms with Crippen LogP contribution in [0.15, 0.2) is 36.7 Å². The average Bonchev–Trinajstić information content (AvgIpc) is 2.80. The summed E-state index contributed by atoms with van der Waals surface area (Å²) in [7, 11) is 3.84. The topological polar surface area (TPSA) is 74.8 Å². The Balaban J connectivity index is 1.91. The number of nitrogens with one attached hydrogen (secondary N) is 3. The Bertz CT molecular complexity index is 1070. The van der Waals surface area contributed by atoms with Gasteiger partial charge in [0.2, 0.25) is 5.95 Å². The molecule has 0 aliphatic rings. The molecular weight excluding hydrogens is 440 g/mol. The number of aromatic nitrogens is 3. The lowest BCUT2D eigenvalue weighted by molar-refractivity contribution is 0.676. The molecule has 0 saturated carbocycles. The van der Waals surface area contributed by atoms with Gasteiger partial charge in [0.25, 0.3) is 0 Å². The lowest BCUT2D eigenvalue weighted by Gasteiger charge is -2.15. The van der Waals surface area contributed by atoms with E-state index >= 15 is 0 Å². The number of halogens is 1. The van der Waals surface area contributed by atoms with E-state index in [1.165, 1.54) is 5.56 Å². The van der Waals surface area contributed by atoms with Crippen molar-refractivity contribution < 1.29 is 0 Å². The molecule has 0 fully saturated rings. The van der Waals surface area contributed by atoms with E-state index in [-0.39, 0.29) is 0 Å². The van der Waals surface area contributed by atoms with Crippen molar-refractivity contribution in [3.8, 4) is 11.3 Å². The molecule has 0 aliphatic carbocycles. The van der Waals surface area contributed by atoms with Gasteiger partial charge >= 0.3 is 0 Å². The molecule has 2 aromatic heterocycles. The summed E-state index contributed by atoms with van der Waals surface area (Å²) in [6.45, 7) is 3.00. The van der Waals surface area contributed by atoms with Crippen LogP contribution < -0.4 is 16.0 Å². The summed E-state index contributed by atoms with van der Waals surface area (Å²) in [6.07, 6.45) is 7.60. The molecule has 8 heteroatoms. The summed E-state index contributed by atoms with van der Waals surface area (Å²) in [5, 5.41) is 12.1. The molecule has 0 spiro atoms. The highest BCUT2D eigenvalue weighted by Gasteiger charge is 2.14. The standard InChI is InChI=1S/C24H29ClN6S/c1-16-21(12-17(14-28-16)6-4-5-10-26-2)30-24-29-15-18(9-11-32)23(31-24)20-8-7-19(25)13-22(20)27-3/h7-8,11-15,26-27H,4-6,9-10H2,1-3H3,(H,29,30,31).